The van der Waals surface area contributed by atoms with Gasteiger partial charge in [-0.15, -0.1) is 0 Å². The van der Waals surface area contributed by atoms with Crippen molar-refractivity contribution < 1.29 is 23.1 Å². The number of aliphatic carboxylic acids is 1. The molecule has 0 aromatic rings. The predicted molar refractivity (Wildman–Crippen MR) is 73.1 cm³/mol. The van der Waals surface area contributed by atoms with Gasteiger partial charge in [-0.2, -0.15) is 11.8 Å². The molecular formula is C10H18N2O5S2. The van der Waals surface area contributed by atoms with Crippen LogP contribution >= 0.6 is 11.8 Å². The first-order valence-corrected chi connectivity index (χ1v) is 9.05. The van der Waals surface area contributed by atoms with Gasteiger partial charge in [-0.05, 0) is 24.9 Å². The second-order valence-electron chi connectivity index (χ2n) is 4.39. The van der Waals surface area contributed by atoms with E-state index in [0.717, 1.165) is 0 Å². The first kappa shape index (κ1) is 16.1. The minimum Gasteiger partial charge on any atom is -0.480 e. The van der Waals surface area contributed by atoms with Crippen molar-refractivity contribution >= 4 is 33.6 Å². The molecule has 3 N–H and O–H groups in total. The van der Waals surface area contributed by atoms with E-state index in [1.54, 1.807) is 0 Å². The third kappa shape index (κ3) is 5.68. The maximum Gasteiger partial charge on any atom is 0.326 e. The number of thioether (sulfide) groups is 1. The smallest absolute Gasteiger partial charge is 0.326 e. The monoisotopic (exact) mass is 310 g/mol. The normalized spacial score (nSPS) is 22.7. The molecule has 0 radical (unpaired) electrons. The summed E-state index contributed by atoms with van der Waals surface area (Å²) in [4.78, 5) is 22.5. The fourth-order valence-electron chi connectivity index (χ4n) is 1.79. The van der Waals surface area contributed by atoms with Crippen molar-refractivity contribution in [1.82, 2.24) is 10.6 Å². The molecule has 0 bridgehead atoms. The Bertz CT molecular complexity index is 437. The van der Waals surface area contributed by atoms with Gasteiger partial charge < -0.3 is 15.7 Å². The molecule has 1 aliphatic heterocycles. The Hall–Kier alpha value is -0.960. The van der Waals surface area contributed by atoms with E-state index in [1.807, 2.05) is 6.26 Å². The molecule has 7 nitrogen and oxygen atoms in total. The van der Waals surface area contributed by atoms with E-state index in [9.17, 15) is 18.0 Å². The number of carboxylic acid groups (broad SMARTS) is 1. The van der Waals surface area contributed by atoms with Crippen molar-refractivity contribution in [1.29, 1.82) is 0 Å². The molecule has 0 aromatic carbocycles. The maximum absolute atomic E-state index is 11.6. The lowest BCUT2D eigenvalue weighted by Crippen LogP contribution is -2.49. The summed E-state index contributed by atoms with van der Waals surface area (Å²) < 4.78 is 22.5. The molecule has 0 aliphatic carbocycles. The van der Waals surface area contributed by atoms with Crippen LogP contribution in [0.1, 0.15) is 12.8 Å². The van der Waals surface area contributed by atoms with Crippen molar-refractivity contribution in [3.8, 4) is 0 Å². The molecule has 1 rings (SSSR count). The molecule has 110 valence electrons. The fraction of sp³-hybridized carbons (Fsp3) is 0.800. The zero-order valence-corrected chi connectivity index (χ0v) is 12.2. The van der Waals surface area contributed by atoms with Crippen LogP contribution in [-0.2, 0) is 14.6 Å². The van der Waals surface area contributed by atoms with E-state index in [-0.39, 0.29) is 11.5 Å². The van der Waals surface area contributed by atoms with Crippen LogP contribution in [0.3, 0.4) is 0 Å². The average Bonchev–Trinajstić information content (AvgIpc) is 2.63. The summed E-state index contributed by atoms with van der Waals surface area (Å²) in [6.45, 7) is 0. The number of carbonyl (C=O) groups is 2. The van der Waals surface area contributed by atoms with Gasteiger partial charge in [-0.3, -0.25) is 0 Å². The molecule has 1 heterocycles. The van der Waals surface area contributed by atoms with Crippen LogP contribution in [0.4, 0.5) is 4.79 Å². The van der Waals surface area contributed by atoms with Gasteiger partial charge in [-0.25, -0.2) is 18.0 Å². The molecule has 0 spiro atoms. The van der Waals surface area contributed by atoms with Gasteiger partial charge in [-0.1, -0.05) is 0 Å². The van der Waals surface area contributed by atoms with E-state index in [1.165, 1.54) is 11.8 Å². The van der Waals surface area contributed by atoms with Crippen molar-refractivity contribution in [3.63, 3.8) is 0 Å². The Morgan fingerprint density at radius 1 is 1.47 bits per heavy atom. The highest BCUT2D eigenvalue weighted by atomic mass is 32.2. The van der Waals surface area contributed by atoms with Crippen LogP contribution in [0.5, 0.6) is 0 Å². The van der Waals surface area contributed by atoms with Crippen molar-refractivity contribution in [2.24, 2.45) is 0 Å². The van der Waals surface area contributed by atoms with Crippen molar-refractivity contribution in [2.75, 3.05) is 23.5 Å². The standard InChI is InChI=1S/C10H18N2O5S2/c1-18-4-2-8(9(13)14)12-10(15)11-7-3-5-19(16,17)6-7/h7-8H,2-6H2,1H3,(H,13,14)(H2,11,12,15). The van der Waals surface area contributed by atoms with Gasteiger partial charge in [0.25, 0.3) is 0 Å². The molecule has 19 heavy (non-hydrogen) atoms. The minimum absolute atomic E-state index is 0.0623. The first-order valence-electron chi connectivity index (χ1n) is 5.83. The summed E-state index contributed by atoms with van der Waals surface area (Å²) in [5.41, 5.74) is 0. The van der Waals surface area contributed by atoms with E-state index in [2.05, 4.69) is 10.6 Å². The van der Waals surface area contributed by atoms with Crippen molar-refractivity contribution in [3.05, 3.63) is 0 Å². The summed E-state index contributed by atoms with van der Waals surface area (Å²) in [7, 11) is -3.06. The number of rotatable bonds is 6. The molecule has 1 saturated heterocycles. The Morgan fingerprint density at radius 3 is 2.63 bits per heavy atom. The number of carboxylic acids is 1. The van der Waals surface area contributed by atoms with Gasteiger partial charge in [0.15, 0.2) is 9.84 Å². The van der Waals surface area contributed by atoms with E-state index in [4.69, 9.17) is 5.11 Å². The quantitative estimate of drug-likeness (QED) is 0.620. The third-order valence-corrected chi connectivity index (χ3v) is 5.19. The molecule has 0 aromatic heterocycles. The lowest BCUT2D eigenvalue weighted by Gasteiger charge is -2.17. The number of carbonyl (C=O) groups excluding carboxylic acids is 1. The highest BCUT2D eigenvalue weighted by Crippen LogP contribution is 2.11. The number of sulfone groups is 1. The van der Waals surface area contributed by atoms with Gasteiger partial charge in [0, 0.05) is 6.04 Å². The molecule has 1 aliphatic rings. The van der Waals surface area contributed by atoms with Gasteiger partial charge in [0.2, 0.25) is 0 Å². The second-order valence-corrected chi connectivity index (χ2v) is 7.60. The topological polar surface area (TPSA) is 113 Å². The lowest BCUT2D eigenvalue weighted by atomic mass is 10.2. The van der Waals surface area contributed by atoms with Crippen LogP contribution in [0.2, 0.25) is 0 Å². The first-order chi connectivity index (χ1) is 8.84. The number of urea groups is 1. The third-order valence-electron chi connectivity index (χ3n) is 2.78. The maximum atomic E-state index is 11.6. The van der Waals surface area contributed by atoms with Gasteiger partial charge in [0.1, 0.15) is 6.04 Å². The molecule has 2 unspecified atom stereocenters. The van der Waals surface area contributed by atoms with Crippen molar-refractivity contribution in [2.45, 2.75) is 24.9 Å². The number of hydrogen-bond acceptors (Lipinski definition) is 5. The van der Waals surface area contributed by atoms with E-state index >= 15 is 0 Å². The Labute approximate surface area is 116 Å². The largest absolute Gasteiger partial charge is 0.480 e. The molecule has 2 atom stereocenters. The highest BCUT2D eigenvalue weighted by molar-refractivity contribution is 7.98. The SMILES string of the molecule is CSCCC(NC(=O)NC1CCS(=O)(=O)C1)C(=O)O. The number of hydrogen-bond donors (Lipinski definition) is 3. The Morgan fingerprint density at radius 2 is 2.16 bits per heavy atom. The second kappa shape index (κ2) is 6.99. The minimum atomic E-state index is -3.06. The Kier molecular flexibility index (Phi) is 5.92. The van der Waals surface area contributed by atoms with Crippen LogP contribution in [0.25, 0.3) is 0 Å². The van der Waals surface area contributed by atoms with Crippen LogP contribution in [0, 0.1) is 0 Å². The highest BCUT2D eigenvalue weighted by Gasteiger charge is 2.29. The molecule has 1 fully saturated rings. The summed E-state index contributed by atoms with van der Waals surface area (Å²) in [5.74, 6) is -0.492. The zero-order chi connectivity index (χ0) is 14.5. The number of nitrogens with one attached hydrogen (secondary N) is 2. The van der Waals surface area contributed by atoms with Crippen LogP contribution < -0.4 is 10.6 Å². The zero-order valence-electron chi connectivity index (χ0n) is 10.6. The molecule has 2 amide bonds. The van der Waals surface area contributed by atoms with E-state index < -0.39 is 33.9 Å². The Balaban J connectivity index is 2.42. The fourth-order valence-corrected chi connectivity index (χ4v) is 3.93. The molecule has 0 saturated carbocycles. The summed E-state index contributed by atoms with van der Waals surface area (Å²) in [6.07, 6.45) is 2.55. The average molecular weight is 310 g/mol. The lowest BCUT2D eigenvalue weighted by molar-refractivity contribution is -0.139. The molecule has 9 heteroatoms. The van der Waals surface area contributed by atoms with E-state index in [0.29, 0.717) is 18.6 Å². The predicted octanol–water partition coefficient (Wildman–Crippen LogP) is -0.321. The summed E-state index contributed by atoms with van der Waals surface area (Å²) >= 11 is 1.49. The van der Waals surface area contributed by atoms with Gasteiger partial charge >= 0.3 is 12.0 Å². The van der Waals surface area contributed by atoms with Gasteiger partial charge in [0.05, 0.1) is 11.5 Å². The number of amides is 2. The summed E-state index contributed by atoms with van der Waals surface area (Å²) in [5, 5.41) is 13.8. The van der Waals surface area contributed by atoms with Crippen LogP contribution in [-0.4, -0.2) is 61.1 Å². The van der Waals surface area contributed by atoms with Crippen LogP contribution in [0.15, 0.2) is 0 Å². The summed E-state index contributed by atoms with van der Waals surface area (Å²) in [6, 6.07) is -2.01. The molecular weight excluding hydrogens is 292 g/mol.